The number of nitrogens with zero attached hydrogens (tertiary/aromatic N) is 1. The Morgan fingerprint density at radius 1 is 1.23 bits per heavy atom. The number of hydrogen-bond acceptors (Lipinski definition) is 8. The van der Waals surface area contributed by atoms with Gasteiger partial charge in [-0.2, -0.15) is 16.7 Å². The van der Waals surface area contributed by atoms with E-state index >= 15 is 0 Å². The second-order valence-corrected chi connectivity index (χ2v) is 10.3. The SMILES string of the molecule is CSCC[C@H](N)C(=O)N[C@@H](CC(=O)O)C(=O)N(C(=O)OC(C)(C)C)C(=O)C1CCc2ccccc21. The number of fused-ring (bicyclic) bond motifs is 1. The Labute approximate surface area is 208 Å². The molecule has 11 heteroatoms. The predicted octanol–water partition coefficient (Wildman–Crippen LogP) is 2.05. The molecule has 10 nitrogen and oxygen atoms in total. The number of rotatable bonds is 9. The summed E-state index contributed by atoms with van der Waals surface area (Å²) < 4.78 is 5.31. The Morgan fingerprint density at radius 3 is 2.49 bits per heavy atom. The number of aryl methyl sites for hydroxylation is 1. The Bertz CT molecular complexity index is 976. The smallest absolute Gasteiger partial charge is 0.424 e. The molecule has 0 spiro atoms. The van der Waals surface area contributed by atoms with E-state index in [1.807, 2.05) is 18.4 Å². The highest BCUT2D eigenvalue weighted by molar-refractivity contribution is 7.98. The fourth-order valence-electron chi connectivity index (χ4n) is 3.75. The molecule has 0 saturated heterocycles. The summed E-state index contributed by atoms with van der Waals surface area (Å²) in [6.45, 7) is 4.72. The lowest BCUT2D eigenvalue weighted by Crippen LogP contribution is -2.57. The van der Waals surface area contributed by atoms with Gasteiger partial charge in [-0.1, -0.05) is 24.3 Å². The van der Waals surface area contributed by atoms with Crippen LogP contribution in [0.25, 0.3) is 0 Å². The zero-order chi connectivity index (χ0) is 26.3. The van der Waals surface area contributed by atoms with Crippen LogP contribution in [0.4, 0.5) is 4.79 Å². The molecule has 4 amide bonds. The largest absolute Gasteiger partial charge is 0.481 e. The normalized spacial score (nSPS) is 16.5. The third kappa shape index (κ3) is 7.79. The lowest BCUT2D eigenvalue weighted by Gasteiger charge is -2.29. The monoisotopic (exact) mass is 507 g/mol. The van der Waals surface area contributed by atoms with E-state index < -0.39 is 59.8 Å². The topological polar surface area (TPSA) is 156 Å². The van der Waals surface area contributed by atoms with Gasteiger partial charge in [0.1, 0.15) is 11.6 Å². The zero-order valence-electron chi connectivity index (χ0n) is 20.4. The molecule has 1 aromatic rings. The van der Waals surface area contributed by atoms with Gasteiger partial charge < -0.3 is 20.9 Å². The van der Waals surface area contributed by atoms with E-state index in [2.05, 4.69) is 5.32 Å². The predicted molar refractivity (Wildman–Crippen MR) is 131 cm³/mol. The number of benzene rings is 1. The van der Waals surface area contributed by atoms with Gasteiger partial charge in [0.15, 0.2) is 0 Å². The maximum atomic E-state index is 13.5. The highest BCUT2D eigenvalue weighted by Crippen LogP contribution is 2.35. The van der Waals surface area contributed by atoms with Gasteiger partial charge >= 0.3 is 12.1 Å². The van der Waals surface area contributed by atoms with Crippen LogP contribution in [0.2, 0.25) is 0 Å². The molecule has 0 saturated carbocycles. The maximum Gasteiger partial charge on any atom is 0.424 e. The van der Waals surface area contributed by atoms with Crippen molar-refractivity contribution in [2.24, 2.45) is 5.73 Å². The number of ether oxygens (including phenoxy) is 1. The Hall–Kier alpha value is -2.92. The summed E-state index contributed by atoms with van der Waals surface area (Å²) in [5, 5.41) is 11.7. The van der Waals surface area contributed by atoms with Crippen molar-refractivity contribution in [3.8, 4) is 0 Å². The molecule has 0 aliphatic heterocycles. The number of carbonyl (C=O) groups excluding carboxylic acids is 4. The minimum Gasteiger partial charge on any atom is -0.481 e. The molecule has 4 N–H and O–H groups in total. The van der Waals surface area contributed by atoms with Crippen LogP contribution in [0, 0.1) is 0 Å². The van der Waals surface area contributed by atoms with Crippen molar-refractivity contribution in [2.45, 2.75) is 70.1 Å². The van der Waals surface area contributed by atoms with Gasteiger partial charge in [-0.25, -0.2) is 4.79 Å². The number of carboxylic acid groups (broad SMARTS) is 1. The van der Waals surface area contributed by atoms with Crippen molar-refractivity contribution in [2.75, 3.05) is 12.0 Å². The van der Waals surface area contributed by atoms with E-state index in [4.69, 9.17) is 10.5 Å². The Morgan fingerprint density at radius 2 is 1.89 bits per heavy atom. The number of carbonyl (C=O) groups is 5. The molecule has 3 atom stereocenters. The molecule has 0 aromatic heterocycles. The highest BCUT2D eigenvalue weighted by Gasteiger charge is 2.43. The molecule has 0 bridgehead atoms. The molecule has 0 radical (unpaired) electrons. The Kier molecular flexibility index (Phi) is 9.84. The first-order valence-electron chi connectivity index (χ1n) is 11.3. The molecule has 1 aromatic carbocycles. The van der Waals surface area contributed by atoms with Crippen LogP contribution in [0.5, 0.6) is 0 Å². The third-order valence-electron chi connectivity index (χ3n) is 5.41. The van der Waals surface area contributed by atoms with Crippen LogP contribution >= 0.6 is 11.8 Å². The van der Waals surface area contributed by atoms with Crippen molar-refractivity contribution < 1.29 is 33.8 Å². The van der Waals surface area contributed by atoms with Gasteiger partial charge in [0, 0.05) is 0 Å². The Balaban J connectivity index is 2.39. The molecule has 1 unspecified atom stereocenters. The molecule has 0 fully saturated rings. The number of nitrogens with two attached hydrogens (primary N) is 1. The van der Waals surface area contributed by atoms with Gasteiger partial charge in [0.2, 0.25) is 11.8 Å². The summed E-state index contributed by atoms with van der Waals surface area (Å²) in [6, 6.07) is 4.54. The molecule has 35 heavy (non-hydrogen) atoms. The molecular weight excluding hydrogens is 474 g/mol. The summed E-state index contributed by atoms with van der Waals surface area (Å²) in [5.74, 6) is -4.36. The van der Waals surface area contributed by atoms with Crippen molar-refractivity contribution in [1.29, 1.82) is 0 Å². The van der Waals surface area contributed by atoms with E-state index in [1.54, 1.807) is 32.9 Å². The molecule has 2 rings (SSSR count). The fourth-order valence-corrected chi connectivity index (χ4v) is 4.24. The third-order valence-corrected chi connectivity index (χ3v) is 6.05. The average Bonchev–Trinajstić information content (AvgIpc) is 3.19. The lowest BCUT2D eigenvalue weighted by molar-refractivity contribution is -0.150. The van der Waals surface area contributed by atoms with Crippen molar-refractivity contribution in [3.63, 3.8) is 0 Å². The number of imide groups is 3. The van der Waals surface area contributed by atoms with Gasteiger partial charge in [0.05, 0.1) is 18.4 Å². The van der Waals surface area contributed by atoms with Crippen molar-refractivity contribution in [1.82, 2.24) is 10.2 Å². The molecule has 1 aliphatic rings. The van der Waals surface area contributed by atoms with Crippen molar-refractivity contribution >= 4 is 41.5 Å². The van der Waals surface area contributed by atoms with E-state index in [0.717, 1.165) is 5.56 Å². The van der Waals surface area contributed by atoms with E-state index in [0.29, 0.717) is 35.5 Å². The van der Waals surface area contributed by atoms with E-state index in [-0.39, 0.29) is 0 Å². The molecule has 192 valence electrons. The molecule has 0 heterocycles. The second-order valence-electron chi connectivity index (χ2n) is 9.33. The summed E-state index contributed by atoms with van der Waals surface area (Å²) in [5.41, 5.74) is 6.45. The van der Waals surface area contributed by atoms with Crippen LogP contribution in [0.1, 0.15) is 57.1 Å². The lowest BCUT2D eigenvalue weighted by atomic mass is 9.99. The first kappa shape index (κ1) is 28.3. The van der Waals surface area contributed by atoms with Crippen LogP contribution in [-0.2, 0) is 30.3 Å². The first-order chi connectivity index (χ1) is 16.4. The van der Waals surface area contributed by atoms with Crippen molar-refractivity contribution in [3.05, 3.63) is 35.4 Å². The van der Waals surface area contributed by atoms with Crippen LogP contribution < -0.4 is 11.1 Å². The quantitative estimate of drug-likeness (QED) is 0.455. The van der Waals surface area contributed by atoms with Gasteiger partial charge in [-0.05, 0) is 63.2 Å². The highest BCUT2D eigenvalue weighted by atomic mass is 32.2. The molecule has 1 aliphatic carbocycles. The zero-order valence-corrected chi connectivity index (χ0v) is 21.2. The second kappa shape index (κ2) is 12.2. The van der Waals surface area contributed by atoms with Gasteiger partial charge in [0.25, 0.3) is 5.91 Å². The number of thioether (sulfide) groups is 1. The van der Waals surface area contributed by atoms with Crippen LogP contribution in [0.3, 0.4) is 0 Å². The maximum absolute atomic E-state index is 13.5. The average molecular weight is 508 g/mol. The standard InChI is InChI=1S/C24H33N3O7S/c1-24(2,3)34-23(33)27(21(31)16-10-9-14-7-5-6-8-15(14)16)22(32)18(13-19(28)29)26-20(30)17(25)11-12-35-4/h5-8,16-18H,9-13,25H2,1-4H3,(H,26,30)(H,28,29)/t16?,17-,18-/m0/s1. The number of carboxylic acids is 1. The summed E-state index contributed by atoms with van der Waals surface area (Å²) in [7, 11) is 0. The number of amides is 4. The van der Waals surface area contributed by atoms with E-state index in [1.165, 1.54) is 11.8 Å². The van der Waals surface area contributed by atoms with Gasteiger partial charge in [-0.3, -0.25) is 19.2 Å². The first-order valence-corrected chi connectivity index (χ1v) is 12.7. The van der Waals surface area contributed by atoms with Crippen LogP contribution in [0.15, 0.2) is 24.3 Å². The van der Waals surface area contributed by atoms with Gasteiger partial charge in [-0.15, -0.1) is 0 Å². The summed E-state index contributed by atoms with van der Waals surface area (Å²) >= 11 is 1.47. The summed E-state index contributed by atoms with van der Waals surface area (Å²) in [6.07, 6.45) is 1.03. The number of nitrogens with one attached hydrogen (secondary N) is 1. The number of hydrogen-bond donors (Lipinski definition) is 3. The summed E-state index contributed by atoms with van der Waals surface area (Å²) in [4.78, 5) is 64.4. The van der Waals surface area contributed by atoms with Crippen LogP contribution in [-0.4, -0.2) is 69.5 Å². The fraction of sp³-hybridized carbons (Fsp3) is 0.542. The molecular formula is C24H33N3O7S. The minimum absolute atomic E-state index is 0.300. The minimum atomic E-state index is -1.69. The number of aliphatic carboxylic acids is 1. The van der Waals surface area contributed by atoms with E-state index in [9.17, 15) is 29.1 Å².